The van der Waals surface area contributed by atoms with E-state index in [0.717, 1.165) is 34.3 Å². The average molecular weight is 255 g/mol. The molecule has 0 saturated heterocycles. The van der Waals surface area contributed by atoms with E-state index in [1.807, 2.05) is 13.0 Å². The molecule has 0 aliphatic carbocycles. The van der Waals surface area contributed by atoms with E-state index in [2.05, 4.69) is 33.4 Å². The molecule has 0 saturated carbocycles. The maximum Gasteiger partial charge on any atom is 0.152 e. The molecule has 5 nitrogen and oxygen atoms in total. The molecule has 0 bridgehead atoms. The van der Waals surface area contributed by atoms with Crippen molar-refractivity contribution in [2.24, 2.45) is 5.92 Å². The number of aromatic nitrogens is 4. The Balaban J connectivity index is 2.45. The number of nitrogen functional groups attached to an aromatic ring is 1. The van der Waals surface area contributed by atoms with Crippen LogP contribution in [-0.2, 0) is 6.54 Å². The van der Waals surface area contributed by atoms with Gasteiger partial charge in [0, 0.05) is 18.1 Å². The van der Waals surface area contributed by atoms with Gasteiger partial charge in [0.2, 0.25) is 0 Å². The molecule has 2 N–H and O–H groups in total. The van der Waals surface area contributed by atoms with E-state index < -0.39 is 0 Å². The number of nitrogens with two attached hydrogens (primary N) is 1. The lowest BCUT2D eigenvalue weighted by Crippen LogP contribution is -2.06. The van der Waals surface area contributed by atoms with Crippen LogP contribution in [0.3, 0.4) is 0 Å². The highest BCUT2D eigenvalue weighted by molar-refractivity contribution is 6.06. The van der Waals surface area contributed by atoms with Gasteiger partial charge in [-0.05, 0) is 18.9 Å². The van der Waals surface area contributed by atoms with Crippen LogP contribution in [0.5, 0.6) is 0 Å². The van der Waals surface area contributed by atoms with Gasteiger partial charge >= 0.3 is 0 Å². The maximum absolute atomic E-state index is 6.02. The van der Waals surface area contributed by atoms with Crippen molar-refractivity contribution in [1.29, 1.82) is 0 Å². The first-order valence-electron chi connectivity index (χ1n) is 6.44. The Morgan fingerprint density at radius 1 is 1.32 bits per heavy atom. The van der Waals surface area contributed by atoms with Gasteiger partial charge in [-0.15, -0.1) is 0 Å². The summed E-state index contributed by atoms with van der Waals surface area (Å²) >= 11 is 0. The molecule has 5 heteroatoms. The van der Waals surface area contributed by atoms with Crippen molar-refractivity contribution >= 4 is 27.8 Å². The predicted molar refractivity (Wildman–Crippen MR) is 76.8 cm³/mol. The molecular weight excluding hydrogens is 238 g/mol. The van der Waals surface area contributed by atoms with Gasteiger partial charge in [0.05, 0.1) is 17.2 Å². The van der Waals surface area contributed by atoms with E-state index in [4.69, 9.17) is 5.73 Å². The standard InChI is InChI=1S/C14H17N5/c1-8(2)7-19-9(3)17-12-13(19)10-4-5-16-6-11(10)18-14(12)15/h4-6,8H,7H2,1-3H3,(H2,15,18). The highest BCUT2D eigenvalue weighted by Crippen LogP contribution is 2.28. The van der Waals surface area contributed by atoms with E-state index in [1.54, 1.807) is 12.4 Å². The van der Waals surface area contributed by atoms with Crippen LogP contribution in [0.2, 0.25) is 0 Å². The number of imidazole rings is 1. The van der Waals surface area contributed by atoms with Crippen LogP contribution < -0.4 is 5.73 Å². The fourth-order valence-corrected chi connectivity index (χ4v) is 2.46. The zero-order valence-corrected chi connectivity index (χ0v) is 11.4. The van der Waals surface area contributed by atoms with Crippen molar-refractivity contribution in [3.05, 3.63) is 24.3 Å². The lowest BCUT2D eigenvalue weighted by molar-refractivity contribution is 0.524. The summed E-state index contributed by atoms with van der Waals surface area (Å²) in [6.45, 7) is 7.32. The van der Waals surface area contributed by atoms with Crippen LogP contribution >= 0.6 is 0 Å². The molecule has 3 aromatic rings. The molecule has 0 fully saturated rings. The van der Waals surface area contributed by atoms with E-state index in [9.17, 15) is 0 Å². The van der Waals surface area contributed by atoms with Gasteiger partial charge in [0.25, 0.3) is 0 Å². The quantitative estimate of drug-likeness (QED) is 0.764. The normalized spacial score (nSPS) is 11.8. The fraction of sp³-hybridized carbons (Fsp3) is 0.357. The SMILES string of the molecule is Cc1nc2c(N)nc3cnccc3c2n1CC(C)C. The lowest BCUT2D eigenvalue weighted by Gasteiger charge is -2.11. The van der Waals surface area contributed by atoms with Crippen molar-refractivity contribution in [3.63, 3.8) is 0 Å². The summed E-state index contributed by atoms with van der Waals surface area (Å²) in [6.07, 6.45) is 3.52. The topological polar surface area (TPSA) is 69.6 Å². The molecular formula is C14H17N5. The van der Waals surface area contributed by atoms with Crippen molar-refractivity contribution in [3.8, 4) is 0 Å². The van der Waals surface area contributed by atoms with Gasteiger partial charge in [0.1, 0.15) is 11.3 Å². The zero-order chi connectivity index (χ0) is 13.6. The molecule has 3 rings (SSSR count). The molecule has 0 aliphatic rings. The minimum absolute atomic E-state index is 0.473. The lowest BCUT2D eigenvalue weighted by atomic mass is 10.2. The first-order valence-corrected chi connectivity index (χ1v) is 6.44. The van der Waals surface area contributed by atoms with Crippen LogP contribution in [0.4, 0.5) is 5.82 Å². The van der Waals surface area contributed by atoms with Crippen molar-refractivity contribution in [2.45, 2.75) is 27.3 Å². The molecule has 3 heterocycles. The van der Waals surface area contributed by atoms with Crippen LogP contribution in [0.25, 0.3) is 21.9 Å². The number of pyridine rings is 2. The minimum Gasteiger partial charge on any atom is -0.382 e. The molecule has 0 aromatic carbocycles. The van der Waals surface area contributed by atoms with Crippen molar-refractivity contribution in [1.82, 2.24) is 19.5 Å². The van der Waals surface area contributed by atoms with Crippen LogP contribution in [0, 0.1) is 12.8 Å². The number of aryl methyl sites for hydroxylation is 1. The van der Waals surface area contributed by atoms with E-state index in [-0.39, 0.29) is 0 Å². The Morgan fingerprint density at radius 3 is 2.84 bits per heavy atom. The molecule has 0 radical (unpaired) electrons. The van der Waals surface area contributed by atoms with Gasteiger partial charge in [-0.1, -0.05) is 13.8 Å². The minimum atomic E-state index is 0.473. The second kappa shape index (κ2) is 4.19. The number of nitrogens with zero attached hydrogens (tertiary/aromatic N) is 4. The smallest absolute Gasteiger partial charge is 0.152 e. The summed E-state index contributed by atoms with van der Waals surface area (Å²) in [4.78, 5) is 13.1. The fourth-order valence-electron chi connectivity index (χ4n) is 2.46. The van der Waals surface area contributed by atoms with Gasteiger partial charge in [0.15, 0.2) is 5.82 Å². The highest BCUT2D eigenvalue weighted by atomic mass is 15.1. The molecule has 19 heavy (non-hydrogen) atoms. The summed E-state index contributed by atoms with van der Waals surface area (Å²) in [6, 6.07) is 1.97. The Bertz CT molecular complexity index is 757. The third kappa shape index (κ3) is 1.82. The number of anilines is 1. The molecule has 0 unspecified atom stereocenters. The number of fused-ring (bicyclic) bond motifs is 3. The summed E-state index contributed by atoms with van der Waals surface area (Å²) in [5.41, 5.74) is 8.69. The molecule has 0 spiro atoms. The summed E-state index contributed by atoms with van der Waals surface area (Å²) in [5.74, 6) is 1.99. The number of hydrogen-bond acceptors (Lipinski definition) is 4. The van der Waals surface area contributed by atoms with Gasteiger partial charge < -0.3 is 10.3 Å². The molecule has 98 valence electrons. The monoisotopic (exact) mass is 255 g/mol. The third-order valence-corrected chi connectivity index (χ3v) is 3.24. The predicted octanol–water partition coefficient (Wildman–Crippen LogP) is 2.53. The van der Waals surface area contributed by atoms with Crippen LogP contribution in [0.15, 0.2) is 18.5 Å². The molecule has 3 aromatic heterocycles. The first kappa shape index (κ1) is 11.9. The summed E-state index contributed by atoms with van der Waals surface area (Å²) < 4.78 is 2.22. The second-order valence-corrected chi connectivity index (χ2v) is 5.25. The van der Waals surface area contributed by atoms with Crippen molar-refractivity contribution in [2.75, 3.05) is 5.73 Å². The second-order valence-electron chi connectivity index (χ2n) is 5.25. The highest BCUT2D eigenvalue weighted by Gasteiger charge is 2.15. The van der Waals surface area contributed by atoms with E-state index in [0.29, 0.717) is 11.7 Å². The molecule has 0 amide bonds. The average Bonchev–Trinajstić information content (AvgIpc) is 2.68. The molecule has 0 atom stereocenters. The van der Waals surface area contributed by atoms with E-state index in [1.165, 1.54) is 0 Å². The Labute approximate surface area is 111 Å². The van der Waals surface area contributed by atoms with Gasteiger partial charge in [-0.2, -0.15) is 0 Å². The summed E-state index contributed by atoms with van der Waals surface area (Å²) in [5, 5.41) is 1.06. The molecule has 0 aliphatic heterocycles. The zero-order valence-electron chi connectivity index (χ0n) is 11.4. The van der Waals surface area contributed by atoms with E-state index >= 15 is 0 Å². The van der Waals surface area contributed by atoms with Gasteiger partial charge in [-0.3, -0.25) is 4.98 Å². The Hall–Kier alpha value is -2.17. The van der Waals surface area contributed by atoms with Crippen molar-refractivity contribution < 1.29 is 0 Å². The van der Waals surface area contributed by atoms with Crippen LogP contribution in [-0.4, -0.2) is 19.5 Å². The maximum atomic E-state index is 6.02. The number of rotatable bonds is 2. The Kier molecular flexibility index (Phi) is 2.62. The third-order valence-electron chi connectivity index (χ3n) is 3.24. The largest absolute Gasteiger partial charge is 0.382 e. The number of hydrogen-bond donors (Lipinski definition) is 1. The summed E-state index contributed by atoms with van der Waals surface area (Å²) in [7, 11) is 0. The van der Waals surface area contributed by atoms with Crippen LogP contribution in [0.1, 0.15) is 19.7 Å². The Morgan fingerprint density at radius 2 is 2.11 bits per heavy atom. The van der Waals surface area contributed by atoms with Gasteiger partial charge in [-0.25, -0.2) is 9.97 Å². The first-order chi connectivity index (χ1) is 9.08.